The van der Waals surface area contributed by atoms with Crippen molar-refractivity contribution in [3.8, 4) is 11.3 Å². The first-order chi connectivity index (χ1) is 10.2. The van der Waals surface area contributed by atoms with Crippen molar-refractivity contribution < 1.29 is 9.53 Å². The summed E-state index contributed by atoms with van der Waals surface area (Å²) in [6, 6.07) is 9.28. The number of hydrogen-bond donors (Lipinski definition) is 1. The molecule has 1 aromatic carbocycles. The second kappa shape index (κ2) is 6.44. The number of ether oxygens (including phenoxy) is 1. The zero-order chi connectivity index (χ0) is 14.8. The molecule has 0 aliphatic heterocycles. The van der Waals surface area contributed by atoms with Gasteiger partial charge in [-0.25, -0.2) is 14.3 Å². The van der Waals surface area contributed by atoms with Crippen molar-refractivity contribution in [2.45, 2.75) is 6.92 Å². The number of halogens is 1. The highest BCUT2D eigenvalue weighted by atomic mass is 35.5. The molecule has 2 heterocycles. The normalized spacial score (nSPS) is 10.2. The molecule has 2 N–H and O–H groups in total. The highest BCUT2D eigenvalue weighted by Gasteiger charge is 2.16. The van der Waals surface area contributed by atoms with Crippen LogP contribution in [0.4, 0.5) is 5.69 Å². The number of esters is 1. The Bertz CT molecular complexity index is 816. The quantitative estimate of drug-likeness (QED) is 0.593. The Hall–Kier alpha value is -2.60. The van der Waals surface area contributed by atoms with E-state index in [-0.39, 0.29) is 12.4 Å². The van der Waals surface area contributed by atoms with Gasteiger partial charge in [-0.15, -0.1) is 12.4 Å². The third-order valence-corrected chi connectivity index (χ3v) is 3.08. The lowest BCUT2D eigenvalue weighted by Crippen LogP contribution is -2.05. The number of hydrogen-bond acceptors (Lipinski definition) is 5. The number of carbonyl (C=O) groups is 1. The lowest BCUT2D eigenvalue weighted by Gasteiger charge is -2.05. The standard InChI is InChI=1S/C15H14N4O2.ClH/c1-2-21-15(20)12-9-18-19-13(6-7-17-14(12)19)10-4-3-5-11(16)8-10;/h3-9H,2,16H2,1H3;1H. The molecular weight excluding hydrogens is 304 g/mol. The number of aromatic nitrogens is 3. The predicted molar refractivity (Wildman–Crippen MR) is 86.0 cm³/mol. The summed E-state index contributed by atoms with van der Waals surface area (Å²) in [5, 5.41) is 4.24. The third-order valence-electron chi connectivity index (χ3n) is 3.08. The van der Waals surface area contributed by atoms with E-state index in [4.69, 9.17) is 10.5 Å². The lowest BCUT2D eigenvalue weighted by atomic mass is 10.1. The van der Waals surface area contributed by atoms with Crippen LogP contribution in [0.1, 0.15) is 17.3 Å². The molecule has 0 saturated heterocycles. The van der Waals surface area contributed by atoms with Crippen molar-refractivity contribution in [1.82, 2.24) is 14.6 Å². The van der Waals surface area contributed by atoms with Crippen LogP contribution < -0.4 is 5.73 Å². The molecule has 3 rings (SSSR count). The summed E-state index contributed by atoms with van der Waals surface area (Å²) in [7, 11) is 0. The molecule has 0 spiro atoms. The van der Waals surface area contributed by atoms with Crippen molar-refractivity contribution in [2.24, 2.45) is 0 Å². The molecule has 0 fully saturated rings. The number of rotatable bonds is 3. The zero-order valence-corrected chi connectivity index (χ0v) is 12.7. The van der Waals surface area contributed by atoms with Crippen LogP contribution in [0.2, 0.25) is 0 Å². The molecule has 0 radical (unpaired) electrons. The number of anilines is 1. The zero-order valence-electron chi connectivity index (χ0n) is 11.9. The first-order valence-electron chi connectivity index (χ1n) is 6.56. The van der Waals surface area contributed by atoms with E-state index in [1.807, 2.05) is 30.3 Å². The summed E-state index contributed by atoms with van der Waals surface area (Å²) >= 11 is 0. The fourth-order valence-corrected chi connectivity index (χ4v) is 2.16. The van der Waals surface area contributed by atoms with Crippen molar-refractivity contribution in [3.63, 3.8) is 0 Å². The SMILES string of the molecule is CCOC(=O)c1cnn2c(-c3cccc(N)c3)ccnc12.Cl. The lowest BCUT2D eigenvalue weighted by molar-refractivity contribution is 0.0528. The summed E-state index contributed by atoms with van der Waals surface area (Å²) in [6.45, 7) is 2.07. The smallest absolute Gasteiger partial charge is 0.343 e. The molecule has 7 heteroatoms. The van der Waals surface area contributed by atoms with E-state index in [0.29, 0.717) is 23.5 Å². The average Bonchev–Trinajstić information content (AvgIpc) is 2.91. The number of benzene rings is 1. The number of carbonyl (C=O) groups excluding carboxylic acids is 1. The van der Waals surface area contributed by atoms with Gasteiger partial charge in [-0.3, -0.25) is 0 Å². The summed E-state index contributed by atoms with van der Waals surface area (Å²) < 4.78 is 6.62. The molecule has 3 aromatic rings. The summed E-state index contributed by atoms with van der Waals surface area (Å²) in [4.78, 5) is 16.1. The van der Waals surface area contributed by atoms with E-state index >= 15 is 0 Å². The van der Waals surface area contributed by atoms with Crippen molar-refractivity contribution in [2.75, 3.05) is 12.3 Å². The number of fused-ring (bicyclic) bond motifs is 1. The Morgan fingerprint density at radius 2 is 2.18 bits per heavy atom. The van der Waals surface area contributed by atoms with Crippen LogP contribution in [-0.2, 0) is 4.74 Å². The molecular formula is C15H15ClN4O2. The Labute approximate surface area is 133 Å². The van der Waals surface area contributed by atoms with Gasteiger partial charge < -0.3 is 10.5 Å². The Morgan fingerprint density at radius 1 is 1.36 bits per heavy atom. The maximum atomic E-state index is 11.9. The van der Waals surface area contributed by atoms with Crippen molar-refractivity contribution in [3.05, 3.63) is 48.3 Å². The van der Waals surface area contributed by atoms with Crippen LogP contribution in [0.25, 0.3) is 16.9 Å². The van der Waals surface area contributed by atoms with Crippen LogP contribution in [0.15, 0.2) is 42.7 Å². The Kier molecular flexibility index (Phi) is 4.62. The van der Waals surface area contributed by atoms with E-state index < -0.39 is 5.97 Å². The van der Waals surface area contributed by atoms with Gasteiger partial charge in [-0.1, -0.05) is 12.1 Å². The molecule has 114 valence electrons. The van der Waals surface area contributed by atoms with Crippen LogP contribution in [0.5, 0.6) is 0 Å². The summed E-state index contributed by atoms with van der Waals surface area (Å²) in [6.07, 6.45) is 3.11. The molecule has 2 aromatic heterocycles. The van der Waals surface area contributed by atoms with Crippen LogP contribution in [0, 0.1) is 0 Å². The molecule has 0 unspecified atom stereocenters. The van der Waals surface area contributed by atoms with Gasteiger partial charge in [0.1, 0.15) is 5.56 Å². The van der Waals surface area contributed by atoms with Gasteiger partial charge in [-0.2, -0.15) is 5.10 Å². The Morgan fingerprint density at radius 3 is 2.91 bits per heavy atom. The molecule has 6 nitrogen and oxygen atoms in total. The minimum absolute atomic E-state index is 0. The third kappa shape index (κ3) is 2.73. The van der Waals surface area contributed by atoms with E-state index in [2.05, 4.69) is 10.1 Å². The van der Waals surface area contributed by atoms with E-state index in [9.17, 15) is 4.79 Å². The van der Waals surface area contributed by atoms with Gasteiger partial charge in [-0.05, 0) is 25.1 Å². The minimum Gasteiger partial charge on any atom is -0.462 e. The van der Waals surface area contributed by atoms with E-state index in [1.165, 1.54) is 6.20 Å². The van der Waals surface area contributed by atoms with Crippen LogP contribution in [-0.4, -0.2) is 27.2 Å². The average molecular weight is 319 g/mol. The first-order valence-corrected chi connectivity index (χ1v) is 6.56. The number of nitrogens with two attached hydrogens (primary N) is 1. The molecule has 0 saturated carbocycles. The molecule has 0 atom stereocenters. The number of nitrogen functional groups attached to an aromatic ring is 1. The van der Waals surface area contributed by atoms with Gasteiger partial charge in [0.15, 0.2) is 5.65 Å². The second-order valence-corrected chi connectivity index (χ2v) is 4.47. The maximum Gasteiger partial charge on any atom is 0.343 e. The summed E-state index contributed by atoms with van der Waals surface area (Å²) in [5.41, 5.74) is 9.00. The summed E-state index contributed by atoms with van der Waals surface area (Å²) in [5.74, 6) is -0.426. The van der Waals surface area contributed by atoms with Gasteiger partial charge in [0.2, 0.25) is 0 Å². The van der Waals surface area contributed by atoms with Crippen LogP contribution >= 0.6 is 12.4 Å². The fourth-order valence-electron chi connectivity index (χ4n) is 2.16. The second-order valence-electron chi connectivity index (χ2n) is 4.47. The largest absolute Gasteiger partial charge is 0.462 e. The van der Waals surface area contributed by atoms with Crippen molar-refractivity contribution in [1.29, 1.82) is 0 Å². The van der Waals surface area contributed by atoms with Gasteiger partial charge in [0.05, 0.1) is 18.5 Å². The van der Waals surface area contributed by atoms with Gasteiger partial charge in [0.25, 0.3) is 0 Å². The van der Waals surface area contributed by atoms with E-state index in [0.717, 1.165) is 11.3 Å². The van der Waals surface area contributed by atoms with Crippen LogP contribution in [0.3, 0.4) is 0 Å². The van der Waals surface area contributed by atoms with Crippen molar-refractivity contribution >= 4 is 29.7 Å². The fraction of sp³-hybridized carbons (Fsp3) is 0.133. The monoisotopic (exact) mass is 318 g/mol. The predicted octanol–water partition coefficient (Wildman–Crippen LogP) is 2.58. The minimum atomic E-state index is -0.426. The molecule has 0 aliphatic carbocycles. The molecule has 0 aliphatic rings. The topological polar surface area (TPSA) is 82.5 Å². The molecule has 22 heavy (non-hydrogen) atoms. The Balaban J connectivity index is 0.00000176. The molecule has 0 amide bonds. The molecule has 0 bridgehead atoms. The van der Waals surface area contributed by atoms with E-state index in [1.54, 1.807) is 17.6 Å². The highest BCUT2D eigenvalue weighted by molar-refractivity contribution is 5.96. The van der Waals surface area contributed by atoms with Gasteiger partial charge >= 0.3 is 5.97 Å². The number of nitrogens with zero attached hydrogens (tertiary/aromatic N) is 3. The first kappa shape index (κ1) is 15.8. The maximum absolute atomic E-state index is 11.9. The van der Waals surface area contributed by atoms with Gasteiger partial charge in [0, 0.05) is 17.4 Å². The highest BCUT2D eigenvalue weighted by Crippen LogP contribution is 2.22.